The van der Waals surface area contributed by atoms with Gasteiger partial charge in [-0.25, -0.2) is 0 Å². The second-order valence-corrected chi connectivity index (χ2v) is 8.18. The Kier molecular flexibility index (Phi) is 4.89. The molecule has 22 heavy (non-hydrogen) atoms. The molecule has 2 heteroatoms. The normalized spacial score (nSPS) is 42.5. The van der Waals surface area contributed by atoms with Crippen LogP contribution >= 0.6 is 0 Å². The van der Waals surface area contributed by atoms with E-state index < -0.39 is 11.4 Å². The summed E-state index contributed by atoms with van der Waals surface area (Å²) in [5.74, 6) is 0.978. The van der Waals surface area contributed by atoms with E-state index in [1.165, 1.54) is 12.0 Å². The molecule has 1 N–H and O–H groups in total. The maximum atomic E-state index is 11.9. The van der Waals surface area contributed by atoms with Gasteiger partial charge < -0.3 is 5.11 Å². The van der Waals surface area contributed by atoms with Crippen molar-refractivity contribution in [3.05, 3.63) is 24.3 Å². The lowest BCUT2D eigenvalue weighted by Crippen LogP contribution is -2.54. The highest BCUT2D eigenvalue weighted by molar-refractivity contribution is 5.75. The van der Waals surface area contributed by atoms with Gasteiger partial charge in [-0.05, 0) is 62.7 Å². The molecule has 0 bridgehead atoms. The predicted molar refractivity (Wildman–Crippen MR) is 91.6 cm³/mol. The minimum Gasteiger partial charge on any atom is -0.481 e. The van der Waals surface area contributed by atoms with Gasteiger partial charge in [0.25, 0.3) is 0 Å². The number of aliphatic carboxylic acids is 1. The van der Waals surface area contributed by atoms with Crippen molar-refractivity contribution >= 4 is 5.97 Å². The molecule has 0 aromatic carbocycles. The number of carbonyl (C=O) groups is 1. The summed E-state index contributed by atoms with van der Waals surface area (Å²) < 4.78 is 0. The van der Waals surface area contributed by atoms with Gasteiger partial charge in [-0.2, -0.15) is 0 Å². The Morgan fingerprint density at radius 1 is 1.32 bits per heavy atom. The lowest BCUT2D eigenvalue weighted by Gasteiger charge is -2.58. The Labute approximate surface area is 135 Å². The Balaban J connectivity index is 2.34. The molecule has 0 amide bonds. The standard InChI is InChI=1S/C20H32O2/c1-6-14(2)8-10-16-15(3)9-11-17-19(16,4)12-7-13-20(17,5)18(21)22/h6,8,15-17H,1,7,9-13H2,2-5H3,(H,21,22)/b14-8+/t15-,16-,17+,19+,20+/m0/s1. The molecular weight excluding hydrogens is 272 g/mol. The molecule has 0 saturated heterocycles. The maximum Gasteiger partial charge on any atom is 0.309 e. The highest BCUT2D eigenvalue weighted by atomic mass is 16.4. The van der Waals surface area contributed by atoms with E-state index in [4.69, 9.17) is 0 Å². The fourth-order valence-corrected chi connectivity index (χ4v) is 5.44. The van der Waals surface area contributed by atoms with E-state index >= 15 is 0 Å². The first-order valence-electron chi connectivity index (χ1n) is 8.78. The van der Waals surface area contributed by atoms with Gasteiger partial charge in [-0.15, -0.1) is 0 Å². The molecule has 2 saturated carbocycles. The SMILES string of the molecule is C=C/C(C)=C/C[C@H]1[C@@H](C)CC[C@@H]2[C@]1(C)CCC[C@@]2(C)C(=O)O. The third-order valence-electron chi connectivity index (χ3n) is 6.93. The van der Waals surface area contributed by atoms with E-state index in [0.717, 1.165) is 32.1 Å². The second-order valence-electron chi connectivity index (χ2n) is 8.18. The molecule has 0 spiro atoms. The Morgan fingerprint density at radius 2 is 2.00 bits per heavy atom. The van der Waals surface area contributed by atoms with E-state index in [1.54, 1.807) is 0 Å². The molecule has 2 fully saturated rings. The van der Waals surface area contributed by atoms with Gasteiger partial charge in [-0.1, -0.05) is 51.0 Å². The quantitative estimate of drug-likeness (QED) is 0.701. The molecule has 0 unspecified atom stereocenters. The molecule has 2 rings (SSSR count). The van der Waals surface area contributed by atoms with E-state index in [2.05, 4.69) is 33.4 Å². The number of carboxylic acids is 1. The summed E-state index contributed by atoms with van der Waals surface area (Å²) in [4.78, 5) is 11.9. The minimum atomic E-state index is -0.588. The van der Waals surface area contributed by atoms with Crippen molar-refractivity contribution in [2.24, 2.45) is 28.6 Å². The van der Waals surface area contributed by atoms with E-state index in [1.807, 2.05) is 13.0 Å². The average molecular weight is 304 g/mol. The van der Waals surface area contributed by atoms with Gasteiger partial charge in [0.2, 0.25) is 0 Å². The number of fused-ring (bicyclic) bond motifs is 1. The lowest BCUT2D eigenvalue weighted by atomic mass is 9.46. The lowest BCUT2D eigenvalue weighted by molar-refractivity contribution is -0.169. The summed E-state index contributed by atoms with van der Waals surface area (Å²) >= 11 is 0. The van der Waals surface area contributed by atoms with Gasteiger partial charge in [0, 0.05) is 0 Å². The van der Waals surface area contributed by atoms with Gasteiger partial charge in [0.15, 0.2) is 0 Å². The van der Waals surface area contributed by atoms with E-state index in [9.17, 15) is 9.90 Å². The van der Waals surface area contributed by atoms with Crippen LogP contribution in [0.25, 0.3) is 0 Å². The Hall–Kier alpha value is -1.05. The summed E-state index contributed by atoms with van der Waals surface area (Å²) in [6, 6.07) is 0. The van der Waals surface area contributed by atoms with Gasteiger partial charge in [0.05, 0.1) is 5.41 Å². The van der Waals surface area contributed by atoms with Crippen molar-refractivity contribution in [1.82, 2.24) is 0 Å². The van der Waals surface area contributed by atoms with E-state index in [-0.39, 0.29) is 5.41 Å². The van der Waals surface area contributed by atoms with Gasteiger partial charge in [0.1, 0.15) is 0 Å². The van der Waals surface area contributed by atoms with Crippen LogP contribution in [0.3, 0.4) is 0 Å². The summed E-state index contributed by atoms with van der Waals surface area (Å²) in [6.07, 6.45) is 10.6. The first-order chi connectivity index (χ1) is 10.3. The van der Waals surface area contributed by atoms with Crippen molar-refractivity contribution in [2.75, 3.05) is 0 Å². The van der Waals surface area contributed by atoms with Crippen LogP contribution < -0.4 is 0 Å². The molecule has 0 aromatic heterocycles. The third kappa shape index (κ3) is 2.77. The van der Waals surface area contributed by atoms with Crippen LogP contribution in [-0.2, 0) is 4.79 Å². The van der Waals surface area contributed by atoms with Crippen LogP contribution in [0.15, 0.2) is 24.3 Å². The van der Waals surface area contributed by atoms with Crippen molar-refractivity contribution in [3.63, 3.8) is 0 Å². The van der Waals surface area contributed by atoms with Crippen LogP contribution in [0, 0.1) is 28.6 Å². The average Bonchev–Trinajstić information content (AvgIpc) is 2.45. The van der Waals surface area contributed by atoms with Crippen molar-refractivity contribution in [3.8, 4) is 0 Å². The Morgan fingerprint density at radius 3 is 2.59 bits per heavy atom. The maximum absolute atomic E-state index is 11.9. The third-order valence-corrected chi connectivity index (χ3v) is 6.93. The molecule has 5 atom stereocenters. The zero-order chi connectivity index (χ0) is 16.5. The Bertz CT molecular complexity index is 478. The van der Waals surface area contributed by atoms with Crippen LogP contribution in [0.4, 0.5) is 0 Å². The zero-order valence-electron chi connectivity index (χ0n) is 14.7. The highest BCUT2D eigenvalue weighted by Gasteiger charge is 2.57. The van der Waals surface area contributed by atoms with Crippen LogP contribution in [0.1, 0.15) is 66.2 Å². The number of hydrogen-bond donors (Lipinski definition) is 1. The summed E-state index contributed by atoms with van der Waals surface area (Å²) in [5.41, 5.74) is 0.846. The molecule has 0 radical (unpaired) electrons. The number of carboxylic acid groups (broad SMARTS) is 1. The first kappa shape index (κ1) is 17.3. The number of hydrogen-bond acceptors (Lipinski definition) is 1. The number of allylic oxidation sites excluding steroid dienone is 3. The highest BCUT2D eigenvalue weighted by Crippen LogP contribution is 2.62. The van der Waals surface area contributed by atoms with Crippen LogP contribution in [0.2, 0.25) is 0 Å². The minimum absolute atomic E-state index is 0.154. The largest absolute Gasteiger partial charge is 0.481 e. The first-order valence-corrected chi connectivity index (χ1v) is 8.78. The monoisotopic (exact) mass is 304 g/mol. The molecule has 2 nitrogen and oxygen atoms in total. The van der Waals surface area contributed by atoms with E-state index in [0.29, 0.717) is 17.8 Å². The van der Waals surface area contributed by atoms with Crippen LogP contribution in [-0.4, -0.2) is 11.1 Å². The van der Waals surface area contributed by atoms with Crippen LogP contribution in [0.5, 0.6) is 0 Å². The summed E-state index contributed by atoms with van der Waals surface area (Å²) in [6.45, 7) is 12.7. The number of rotatable bonds is 4. The summed E-state index contributed by atoms with van der Waals surface area (Å²) in [7, 11) is 0. The molecule has 124 valence electrons. The topological polar surface area (TPSA) is 37.3 Å². The van der Waals surface area contributed by atoms with Gasteiger partial charge >= 0.3 is 5.97 Å². The molecule has 2 aliphatic carbocycles. The molecule has 0 heterocycles. The fraction of sp³-hybridized carbons (Fsp3) is 0.750. The molecule has 2 aliphatic rings. The fourth-order valence-electron chi connectivity index (χ4n) is 5.44. The molecular formula is C20H32O2. The smallest absolute Gasteiger partial charge is 0.309 e. The van der Waals surface area contributed by atoms with Gasteiger partial charge in [-0.3, -0.25) is 4.79 Å². The molecule has 0 aromatic rings. The summed E-state index contributed by atoms with van der Waals surface area (Å²) in [5, 5.41) is 9.83. The zero-order valence-corrected chi connectivity index (χ0v) is 14.7. The predicted octanol–water partition coefficient (Wildman–Crippen LogP) is 5.45. The van der Waals surface area contributed by atoms with Crippen molar-refractivity contribution < 1.29 is 9.90 Å². The van der Waals surface area contributed by atoms with Crippen molar-refractivity contribution in [1.29, 1.82) is 0 Å². The van der Waals surface area contributed by atoms with Crippen molar-refractivity contribution in [2.45, 2.75) is 66.2 Å². The second kappa shape index (κ2) is 6.22. The molecule has 0 aliphatic heterocycles.